The number of carbonyl (C=O) groups is 1. The molecule has 0 aliphatic carbocycles. The molecule has 1 unspecified atom stereocenters. The van der Waals surface area contributed by atoms with E-state index in [9.17, 15) is 9.90 Å². The third-order valence-electron chi connectivity index (χ3n) is 2.69. The van der Waals surface area contributed by atoms with Crippen LogP contribution >= 0.6 is 11.3 Å². The molecule has 1 aromatic heterocycles. The van der Waals surface area contributed by atoms with Crippen molar-refractivity contribution in [3.05, 3.63) is 53.6 Å². The summed E-state index contributed by atoms with van der Waals surface area (Å²) in [4.78, 5) is 15.9. The van der Waals surface area contributed by atoms with Crippen LogP contribution in [0, 0.1) is 0 Å². The highest BCUT2D eigenvalue weighted by Gasteiger charge is 2.22. The van der Waals surface area contributed by atoms with E-state index in [1.165, 1.54) is 11.3 Å². The van der Waals surface area contributed by atoms with Crippen molar-refractivity contribution in [1.29, 1.82) is 0 Å². The summed E-state index contributed by atoms with van der Waals surface area (Å²) >= 11 is 1.41. The highest BCUT2D eigenvalue weighted by molar-refractivity contribution is 7.13. The Hall–Kier alpha value is -1.98. The normalized spacial score (nSPS) is 11.9. The van der Waals surface area contributed by atoms with E-state index in [1.54, 1.807) is 12.3 Å². The second-order valence-electron chi connectivity index (χ2n) is 4.09. The van der Waals surface area contributed by atoms with Gasteiger partial charge in [0.15, 0.2) is 0 Å². The number of rotatable bonds is 5. The molecular weight excluding hydrogens is 274 g/mol. The summed E-state index contributed by atoms with van der Waals surface area (Å²) in [5, 5.41) is 12.6. The second kappa shape index (κ2) is 6.45. The van der Waals surface area contributed by atoms with Crippen LogP contribution in [-0.2, 0) is 9.53 Å². The number of esters is 1. The second-order valence-corrected chi connectivity index (χ2v) is 4.95. The maximum absolute atomic E-state index is 11.5. The standard InChI is InChI=1S/C15H15NO3S/c1-3-19-15(18)10(2)13(17)12-9-20-14(16-12)11-7-5-4-6-8-11/h4-9,13,17H,2-3H2,1H3. The fourth-order valence-corrected chi connectivity index (χ4v) is 2.48. The summed E-state index contributed by atoms with van der Waals surface area (Å²) < 4.78 is 4.81. The number of aliphatic hydroxyl groups is 1. The molecule has 0 saturated heterocycles. The molecule has 1 heterocycles. The molecule has 5 heteroatoms. The van der Waals surface area contributed by atoms with Gasteiger partial charge in [0.05, 0.1) is 17.9 Å². The maximum atomic E-state index is 11.5. The molecule has 4 nitrogen and oxygen atoms in total. The van der Waals surface area contributed by atoms with Crippen LogP contribution in [0.5, 0.6) is 0 Å². The van der Waals surface area contributed by atoms with E-state index < -0.39 is 12.1 Å². The fourth-order valence-electron chi connectivity index (χ4n) is 1.64. The summed E-state index contributed by atoms with van der Waals surface area (Å²) in [5.41, 5.74) is 1.38. The molecule has 1 aromatic carbocycles. The van der Waals surface area contributed by atoms with Gasteiger partial charge in [0.2, 0.25) is 0 Å². The minimum Gasteiger partial charge on any atom is -0.463 e. The van der Waals surface area contributed by atoms with E-state index in [0.717, 1.165) is 10.6 Å². The Bertz CT molecular complexity index is 607. The van der Waals surface area contributed by atoms with Crippen molar-refractivity contribution in [3.63, 3.8) is 0 Å². The maximum Gasteiger partial charge on any atom is 0.336 e. The summed E-state index contributed by atoms with van der Waals surface area (Å²) in [7, 11) is 0. The zero-order valence-electron chi connectivity index (χ0n) is 11.1. The zero-order chi connectivity index (χ0) is 14.5. The first kappa shape index (κ1) is 14.4. The van der Waals surface area contributed by atoms with Crippen molar-refractivity contribution in [3.8, 4) is 10.6 Å². The average molecular weight is 289 g/mol. The van der Waals surface area contributed by atoms with Crippen LogP contribution in [0.15, 0.2) is 47.9 Å². The Labute approximate surface area is 121 Å². The SMILES string of the molecule is C=C(C(=O)OCC)C(O)c1csc(-c2ccccc2)n1. The fraction of sp³-hybridized carbons (Fsp3) is 0.200. The van der Waals surface area contributed by atoms with Crippen molar-refractivity contribution in [1.82, 2.24) is 4.98 Å². The lowest BCUT2D eigenvalue weighted by atomic mass is 10.1. The summed E-state index contributed by atoms with van der Waals surface area (Å²) in [6.07, 6.45) is -1.14. The van der Waals surface area contributed by atoms with E-state index >= 15 is 0 Å². The third-order valence-corrected chi connectivity index (χ3v) is 3.60. The largest absolute Gasteiger partial charge is 0.463 e. The first-order valence-corrected chi connectivity index (χ1v) is 7.06. The molecule has 2 aromatic rings. The average Bonchev–Trinajstić information content (AvgIpc) is 2.96. The minimum atomic E-state index is -1.14. The first-order chi connectivity index (χ1) is 9.63. The van der Waals surface area contributed by atoms with Gasteiger partial charge in [-0.05, 0) is 6.92 Å². The number of hydrogen-bond acceptors (Lipinski definition) is 5. The molecule has 20 heavy (non-hydrogen) atoms. The predicted molar refractivity (Wildman–Crippen MR) is 78.3 cm³/mol. The lowest BCUT2D eigenvalue weighted by Crippen LogP contribution is -2.13. The smallest absolute Gasteiger partial charge is 0.336 e. The van der Waals surface area contributed by atoms with Crippen molar-refractivity contribution in [2.24, 2.45) is 0 Å². The quantitative estimate of drug-likeness (QED) is 0.679. The molecule has 0 saturated carbocycles. The Morgan fingerprint density at radius 2 is 2.15 bits per heavy atom. The van der Waals surface area contributed by atoms with Crippen molar-refractivity contribution in [2.75, 3.05) is 6.61 Å². The number of thiazole rings is 1. The molecule has 1 atom stereocenters. The zero-order valence-corrected chi connectivity index (χ0v) is 11.9. The van der Waals surface area contributed by atoms with E-state index in [1.807, 2.05) is 30.3 Å². The molecule has 0 fully saturated rings. The van der Waals surface area contributed by atoms with Crippen LogP contribution < -0.4 is 0 Å². The highest BCUT2D eigenvalue weighted by Crippen LogP contribution is 2.28. The van der Waals surface area contributed by atoms with Gasteiger partial charge in [-0.1, -0.05) is 36.9 Å². The number of ether oxygens (including phenoxy) is 1. The van der Waals surface area contributed by atoms with Crippen LogP contribution in [0.25, 0.3) is 10.6 Å². The number of nitrogens with zero attached hydrogens (tertiary/aromatic N) is 1. The number of aromatic nitrogens is 1. The van der Waals surface area contributed by atoms with Gasteiger partial charge in [-0.15, -0.1) is 11.3 Å². The molecular formula is C15H15NO3S. The van der Waals surface area contributed by atoms with E-state index in [4.69, 9.17) is 4.74 Å². The van der Waals surface area contributed by atoms with Crippen LogP contribution in [0.4, 0.5) is 0 Å². The van der Waals surface area contributed by atoms with E-state index in [0.29, 0.717) is 5.69 Å². The monoisotopic (exact) mass is 289 g/mol. The summed E-state index contributed by atoms with van der Waals surface area (Å²) in [6.45, 7) is 5.52. The van der Waals surface area contributed by atoms with Gasteiger partial charge >= 0.3 is 5.97 Å². The number of hydrogen-bond donors (Lipinski definition) is 1. The van der Waals surface area contributed by atoms with Crippen LogP contribution in [-0.4, -0.2) is 22.7 Å². The number of carbonyl (C=O) groups excluding carboxylic acids is 1. The summed E-state index contributed by atoms with van der Waals surface area (Å²) in [6, 6.07) is 9.65. The molecule has 0 aliphatic rings. The van der Waals surface area contributed by atoms with Crippen molar-refractivity contribution < 1.29 is 14.6 Å². The molecule has 0 bridgehead atoms. The minimum absolute atomic E-state index is 0.00300. The topological polar surface area (TPSA) is 59.4 Å². The highest BCUT2D eigenvalue weighted by atomic mass is 32.1. The Morgan fingerprint density at radius 1 is 1.45 bits per heavy atom. The molecule has 2 rings (SSSR count). The van der Waals surface area contributed by atoms with Crippen LogP contribution in [0.3, 0.4) is 0 Å². The number of aliphatic hydroxyl groups excluding tert-OH is 1. The van der Waals surface area contributed by atoms with Gasteiger partial charge < -0.3 is 9.84 Å². The molecule has 0 aliphatic heterocycles. The first-order valence-electron chi connectivity index (χ1n) is 6.18. The molecule has 0 amide bonds. The van der Waals surface area contributed by atoms with Crippen LogP contribution in [0.2, 0.25) is 0 Å². The van der Waals surface area contributed by atoms with Crippen molar-refractivity contribution in [2.45, 2.75) is 13.0 Å². The lowest BCUT2D eigenvalue weighted by molar-refractivity contribution is -0.139. The van der Waals surface area contributed by atoms with Gasteiger partial charge in [0, 0.05) is 10.9 Å². The number of benzene rings is 1. The lowest BCUT2D eigenvalue weighted by Gasteiger charge is -2.10. The van der Waals surface area contributed by atoms with Gasteiger partial charge in [0.25, 0.3) is 0 Å². The van der Waals surface area contributed by atoms with E-state index in [2.05, 4.69) is 11.6 Å². The Balaban J connectivity index is 2.16. The van der Waals surface area contributed by atoms with Gasteiger partial charge in [0.1, 0.15) is 11.1 Å². The molecule has 0 spiro atoms. The van der Waals surface area contributed by atoms with E-state index in [-0.39, 0.29) is 12.2 Å². The van der Waals surface area contributed by atoms with Gasteiger partial charge in [-0.2, -0.15) is 0 Å². The molecule has 1 N–H and O–H groups in total. The Morgan fingerprint density at radius 3 is 2.80 bits per heavy atom. The van der Waals surface area contributed by atoms with Crippen LogP contribution in [0.1, 0.15) is 18.7 Å². The van der Waals surface area contributed by atoms with Gasteiger partial charge in [-0.25, -0.2) is 9.78 Å². The molecule has 0 radical (unpaired) electrons. The summed E-state index contributed by atoms with van der Waals surface area (Å²) in [5.74, 6) is -0.603. The third kappa shape index (κ3) is 3.12. The molecule has 104 valence electrons. The van der Waals surface area contributed by atoms with Gasteiger partial charge in [-0.3, -0.25) is 0 Å². The predicted octanol–water partition coefficient (Wildman–Crippen LogP) is 2.96. The van der Waals surface area contributed by atoms with Crippen molar-refractivity contribution >= 4 is 17.3 Å². The Kier molecular flexibility index (Phi) is 4.65.